The zero-order valence-electron chi connectivity index (χ0n) is 10.2. The van der Waals surface area contributed by atoms with Gasteiger partial charge in [0, 0.05) is 0 Å². The Bertz CT molecular complexity index is 573. The molecule has 92 valence electrons. The monoisotopic (exact) mass is 251 g/mol. The third-order valence-electron chi connectivity index (χ3n) is 4.09. The van der Waals surface area contributed by atoms with Crippen molar-refractivity contribution in [3.63, 3.8) is 0 Å². The number of hydrogen-bond acceptors (Lipinski definition) is 2. The van der Waals surface area contributed by atoms with Gasteiger partial charge in [-0.05, 0) is 43.7 Å². The summed E-state index contributed by atoms with van der Waals surface area (Å²) in [6.45, 7) is 1.99. The first-order chi connectivity index (χ1) is 7.94. The Hall–Kier alpha value is -1.03. The van der Waals surface area contributed by atoms with Crippen LogP contribution in [0.3, 0.4) is 0 Å². The molecule has 1 aromatic rings. The number of hydrogen-bond donors (Lipinski definition) is 0. The average Bonchev–Trinajstić information content (AvgIpc) is 2.52. The largest absolute Gasteiger partial charge is 0.263 e. The Kier molecular flexibility index (Phi) is 2.12. The number of fused-ring (bicyclic) bond motifs is 1. The van der Waals surface area contributed by atoms with Crippen LogP contribution in [0.15, 0.2) is 18.2 Å². The minimum absolute atomic E-state index is 0.137. The molecule has 0 radical (unpaired) electrons. The lowest BCUT2D eigenvalue weighted by Gasteiger charge is -2.45. The lowest BCUT2D eigenvalue weighted by Crippen LogP contribution is -2.54. The molecular formula is C13H17NO2S. The summed E-state index contributed by atoms with van der Waals surface area (Å²) < 4.78 is 25.9. The fraction of sp³-hybridized carbons (Fsp3) is 0.538. The first kappa shape index (κ1) is 11.1. The van der Waals surface area contributed by atoms with Gasteiger partial charge in [0.05, 0.1) is 17.5 Å². The average molecular weight is 251 g/mol. The maximum atomic E-state index is 12.1. The Balaban J connectivity index is 2.23. The number of benzene rings is 1. The van der Waals surface area contributed by atoms with Crippen molar-refractivity contribution in [2.24, 2.45) is 0 Å². The normalized spacial score (nSPS) is 21.4. The number of anilines is 1. The zero-order valence-corrected chi connectivity index (χ0v) is 11.0. The molecule has 0 bridgehead atoms. The van der Waals surface area contributed by atoms with Crippen LogP contribution in [0, 0.1) is 6.92 Å². The molecule has 1 aliphatic heterocycles. The summed E-state index contributed by atoms with van der Waals surface area (Å²) in [6.07, 6.45) is 5.34. The van der Waals surface area contributed by atoms with E-state index < -0.39 is 10.0 Å². The van der Waals surface area contributed by atoms with E-state index in [4.69, 9.17) is 0 Å². The first-order valence-electron chi connectivity index (χ1n) is 6.03. The molecule has 1 fully saturated rings. The van der Waals surface area contributed by atoms with E-state index in [1.165, 1.54) is 11.8 Å². The molecule has 1 saturated carbocycles. The molecule has 3 nitrogen and oxygen atoms in total. The highest BCUT2D eigenvalue weighted by atomic mass is 32.2. The molecule has 1 aliphatic carbocycles. The van der Waals surface area contributed by atoms with E-state index in [1.807, 2.05) is 19.1 Å². The molecule has 0 atom stereocenters. The second kappa shape index (κ2) is 3.25. The number of nitrogens with zero attached hydrogens (tertiary/aromatic N) is 1. The predicted molar refractivity (Wildman–Crippen MR) is 68.8 cm³/mol. The maximum Gasteiger partial charge on any atom is 0.232 e. The molecular weight excluding hydrogens is 234 g/mol. The molecule has 1 spiro atoms. The molecule has 3 rings (SSSR count). The number of para-hydroxylation sites is 1. The van der Waals surface area contributed by atoms with Crippen molar-refractivity contribution in [3.8, 4) is 0 Å². The van der Waals surface area contributed by atoms with Crippen molar-refractivity contribution in [1.29, 1.82) is 0 Å². The Morgan fingerprint density at radius 2 is 2.00 bits per heavy atom. The SMILES string of the molecule is Cc1cccc2c1N(S(C)(=O)=O)C1(CCC1)C2. The van der Waals surface area contributed by atoms with E-state index in [0.717, 1.165) is 36.9 Å². The van der Waals surface area contributed by atoms with Gasteiger partial charge in [-0.15, -0.1) is 0 Å². The van der Waals surface area contributed by atoms with E-state index in [1.54, 1.807) is 4.31 Å². The van der Waals surface area contributed by atoms with Crippen LogP contribution in [0.4, 0.5) is 5.69 Å². The number of rotatable bonds is 1. The van der Waals surface area contributed by atoms with Gasteiger partial charge in [-0.3, -0.25) is 4.31 Å². The predicted octanol–water partition coefficient (Wildman–Crippen LogP) is 2.24. The number of aryl methyl sites for hydroxylation is 1. The molecule has 2 aliphatic rings. The summed E-state index contributed by atoms with van der Waals surface area (Å²) in [4.78, 5) is 0. The molecule has 1 aromatic carbocycles. The van der Waals surface area contributed by atoms with E-state index in [9.17, 15) is 8.42 Å². The van der Waals surface area contributed by atoms with Crippen molar-refractivity contribution in [3.05, 3.63) is 29.3 Å². The first-order valence-corrected chi connectivity index (χ1v) is 7.88. The van der Waals surface area contributed by atoms with Crippen LogP contribution in [0.1, 0.15) is 30.4 Å². The summed E-state index contributed by atoms with van der Waals surface area (Å²) in [5.41, 5.74) is 3.06. The van der Waals surface area contributed by atoms with Gasteiger partial charge in [-0.1, -0.05) is 18.2 Å². The van der Waals surface area contributed by atoms with Gasteiger partial charge in [-0.2, -0.15) is 0 Å². The highest BCUT2D eigenvalue weighted by Crippen LogP contribution is 2.51. The molecule has 0 N–H and O–H groups in total. The second-order valence-corrected chi connectivity index (χ2v) is 7.20. The summed E-state index contributed by atoms with van der Waals surface area (Å²) in [5, 5.41) is 0. The third kappa shape index (κ3) is 1.43. The van der Waals surface area contributed by atoms with Crippen molar-refractivity contribution >= 4 is 15.7 Å². The lowest BCUT2D eigenvalue weighted by molar-refractivity contribution is 0.265. The van der Waals surface area contributed by atoms with Gasteiger partial charge in [-0.25, -0.2) is 8.42 Å². The fourth-order valence-electron chi connectivity index (χ4n) is 3.30. The summed E-state index contributed by atoms with van der Waals surface area (Å²) in [5.74, 6) is 0. The van der Waals surface area contributed by atoms with E-state index >= 15 is 0 Å². The summed E-state index contributed by atoms with van der Waals surface area (Å²) in [7, 11) is -3.17. The Morgan fingerprint density at radius 1 is 1.29 bits per heavy atom. The van der Waals surface area contributed by atoms with Crippen LogP contribution in [0.5, 0.6) is 0 Å². The van der Waals surface area contributed by atoms with Crippen LogP contribution >= 0.6 is 0 Å². The third-order valence-corrected chi connectivity index (χ3v) is 5.32. The number of sulfonamides is 1. The van der Waals surface area contributed by atoms with E-state index in [-0.39, 0.29) is 5.54 Å². The van der Waals surface area contributed by atoms with Gasteiger partial charge in [0.2, 0.25) is 10.0 Å². The molecule has 17 heavy (non-hydrogen) atoms. The van der Waals surface area contributed by atoms with Crippen molar-refractivity contribution < 1.29 is 8.42 Å². The fourth-order valence-corrected chi connectivity index (χ4v) is 4.84. The quantitative estimate of drug-likeness (QED) is 0.767. The Labute approximate surface area is 102 Å². The van der Waals surface area contributed by atoms with Crippen LogP contribution in [-0.4, -0.2) is 20.2 Å². The zero-order chi connectivity index (χ0) is 12.3. The van der Waals surface area contributed by atoms with Crippen molar-refractivity contribution in [2.75, 3.05) is 10.6 Å². The standard InChI is InChI=1S/C13H17NO2S/c1-10-5-3-6-11-9-13(7-4-8-13)14(12(10)11)17(2,15)16/h3,5-6H,4,7-9H2,1-2H3. The van der Waals surface area contributed by atoms with Gasteiger partial charge in [0.15, 0.2) is 0 Å². The molecule has 4 heteroatoms. The molecule has 0 aromatic heterocycles. The molecule has 0 saturated heterocycles. The highest BCUT2D eigenvalue weighted by molar-refractivity contribution is 7.92. The van der Waals surface area contributed by atoms with Crippen LogP contribution in [-0.2, 0) is 16.4 Å². The van der Waals surface area contributed by atoms with Crippen molar-refractivity contribution in [1.82, 2.24) is 0 Å². The smallest absolute Gasteiger partial charge is 0.232 e. The molecule has 1 heterocycles. The van der Waals surface area contributed by atoms with E-state index in [2.05, 4.69) is 6.07 Å². The van der Waals surface area contributed by atoms with Crippen LogP contribution < -0.4 is 4.31 Å². The maximum absolute atomic E-state index is 12.1. The van der Waals surface area contributed by atoms with Gasteiger partial charge in [0.1, 0.15) is 0 Å². The van der Waals surface area contributed by atoms with Crippen molar-refractivity contribution in [2.45, 2.75) is 38.1 Å². The molecule has 0 unspecified atom stereocenters. The van der Waals surface area contributed by atoms with Gasteiger partial charge >= 0.3 is 0 Å². The minimum atomic E-state index is -3.17. The van der Waals surface area contributed by atoms with Crippen LogP contribution in [0.25, 0.3) is 0 Å². The summed E-state index contributed by atoms with van der Waals surface area (Å²) >= 11 is 0. The van der Waals surface area contributed by atoms with E-state index in [0.29, 0.717) is 0 Å². The van der Waals surface area contributed by atoms with Gasteiger partial charge < -0.3 is 0 Å². The minimum Gasteiger partial charge on any atom is -0.263 e. The summed E-state index contributed by atoms with van der Waals surface area (Å²) in [6, 6.07) is 6.08. The highest BCUT2D eigenvalue weighted by Gasteiger charge is 2.52. The second-order valence-electron chi connectivity index (χ2n) is 5.36. The van der Waals surface area contributed by atoms with Crippen LogP contribution in [0.2, 0.25) is 0 Å². The molecule has 0 amide bonds. The topological polar surface area (TPSA) is 37.4 Å². The van der Waals surface area contributed by atoms with Gasteiger partial charge in [0.25, 0.3) is 0 Å². The Morgan fingerprint density at radius 3 is 2.53 bits per heavy atom. The lowest BCUT2D eigenvalue weighted by atomic mass is 9.75.